The van der Waals surface area contributed by atoms with Gasteiger partial charge in [0.05, 0.1) is 6.61 Å². The van der Waals surface area contributed by atoms with Gasteiger partial charge in [-0.05, 0) is 12.1 Å². The topological polar surface area (TPSA) is 55.8 Å². The number of para-hydroxylation sites is 2. The van der Waals surface area contributed by atoms with E-state index in [-0.39, 0.29) is 19.2 Å². The molecule has 4 nitrogen and oxygen atoms in total. The Labute approximate surface area is 116 Å². The Hall–Kier alpha value is -2.33. The van der Waals surface area contributed by atoms with E-state index in [0.717, 1.165) is 11.1 Å². The third kappa shape index (κ3) is 2.14. The van der Waals surface area contributed by atoms with Crippen LogP contribution in [0.25, 0.3) is 0 Å². The number of carbonyl (C=O) groups is 1. The molecule has 3 rings (SSSR count). The lowest BCUT2D eigenvalue weighted by atomic mass is 9.92. The van der Waals surface area contributed by atoms with Crippen molar-refractivity contribution in [1.82, 2.24) is 0 Å². The Kier molecular flexibility index (Phi) is 3.39. The van der Waals surface area contributed by atoms with Crippen LogP contribution in [0.4, 0.5) is 0 Å². The summed E-state index contributed by atoms with van der Waals surface area (Å²) in [5.41, 5.74) is 1.61. The summed E-state index contributed by atoms with van der Waals surface area (Å²) >= 11 is 0. The second-order valence-electron chi connectivity index (χ2n) is 4.50. The van der Waals surface area contributed by atoms with Gasteiger partial charge in [0, 0.05) is 11.1 Å². The lowest BCUT2D eigenvalue weighted by Gasteiger charge is -2.14. The average Bonchev–Trinajstić information content (AvgIpc) is 2.81. The van der Waals surface area contributed by atoms with E-state index < -0.39 is 5.92 Å². The van der Waals surface area contributed by atoms with Crippen molar-refractivity contribution in [2.24, 2.45) is 0 Å². The molecule has 1 heterocycles. The maximum absolute atomic E-state index is 12.1. The van der Waals surface area contributed by atoms with Gasteiger partial charge in [0.25, 0.3) is 0 Å². The van der Waals surface area contributed by atoms with Gasteiger partial charge in [-0.3, -0.25) is 4.79 Å². The zero-order valence-electron chi connectivity index (χ0n) is 10.8. The molecule has 0 saturated carbocycles. The van der Waals surface area contributed by atoms with E-state index in [1.165, 1.54) is 0 Å². The van der Waals surface area contributed by atoms with Crippen molar-refractivity contribution in [3.05, 3.63) is 59.7 Å². The number of aliphatic hydroxyl groups excluding tert-OH is 1. The van der Waals surface area contributed by atoms with Crippen LogP contribution in [0.5, 0.6) is 11.5 Å². The van der Waals surface area contributed by atoms with E-state index in [0.29, 0.717) is 11.5 Å². The highest BCUT2D eigenvalue weighted by Crippen LogP contribution is 2.41. The van der Waals surface area contributed by atoms with Crippen LogP contribution in [-0.2, 0) is 4.79 Å². The van der Waals surface area contributed by atoms with Crippen molar-refractivity contribution >= 4 is 5.97 Å². The summed E-state index contributed by atoms with van der Waals surface area (Å²) in [6.07, 6.45) is 0. The third-order valence-electron chi connectivity index (χ3n) is 3.26. The maximum Gasteiger partial charge on any atom is 0.323 e. The van der Waals surface area contributed by atoms with Crippen LogP contribution in [0.15, 0.2) is 48.5 Å². The van der Waals surface area contributed by atoms with Crippen LogP contribution < -0.4 is 9.47 Å². The normalized spacial score (nSPS) is 16.6. The summed E-state index contributed by atoms with van der Waals surface area (Å²) in [6.45, 7) is 0.125. The van der Waals surface area contributed by atoms with Gasteiger partial charge in [-0.2, -0.15) is 0 Å². The molecule has 0 spiro atoms. The summed E-state index contributed by atoms with van der Waals surface area (Å²) in [5.74, 6) is 0.423. The molecule has 20 heavy (non-hydrogen) atoms. The SMILES string of the molecule is O=C1Oc2ccccc2C1c1ccccc1OCCO. The first-order valence-electron chi connectivity index (χ1n) is 6.44. The fraction of sp³-hybridized carbons (Fsp3) is 0.188. The molecule has 1 aliphatic rings. The second kappa shape index (κ2) is 5.35. The lowest BCUT2D eigenvalue weighted by Crippen LogP contribution is -2.13. The Morgan fingerprint density at radius 1 is 1.05 bits per heavy atom. The van der Waals surface area contributed by atoms with Crippen molar-refractivity contribution < 1.29 is 19.4 Å². The third-order valence-corrected chi connectivity index (χ3v) is 3.26. The quantitative estimate of drug-likeness (QED) is 0.683. The standard InChI is InChI=1S/C16H14O4/c17-9-10-19-13-7-3-1-5-11(13)15-12-6-2-4-8-14(12)20-16(15)18/h1-8,15,17H,9-10H2. The number of ether oxygens (including phenoxy) is 2. The largest absolute Gasteiger partial charge is 0.491 e. The molecule has 2 aromatic carbocycles. The summed E-state index contributed by atoms with van der Waals surface area (Å²) in [4.78, 5) is 12.1. The summed E-state index contributed by atoms with van der Waals surface area (Å²) in [7, 11) is 0. The smallest absolute Gasteiger partial charge is 0.323 e. The molecule has 1 atom stereocenters. The van der Waals surface area contributed by atoms with Crippen LogP contribution in [-0.4, -0.2) is 24.3 Å². The second-order valence-corrected chi connectivity index (χ2v) is 4.50. The Bertz CT molecular complexity index is 636. The average molecular weight is 270 g/mol. The van der Waals surface area contributed by atoms with Crippen LogP contribution in [0.2, 0.25) is 0 Å². The number of carbonyl (C=O) groups excluding carboxylic acids is 1. The molecule has 0 amide bonds. The highest BCUT2D eigenvalue weighted by atomic mass is 16.5. The number of benzene rings is 2. The van der Waals surface area contributed by atoms with E-state index in [4.69, 9.17) is 14.6 Å². The van der Waals surface area contributed by atoms with E-state index in [2.05, 4.69) is 0 Å². The molecule has 0 radical (unpaired) electrons. The van der Waals surface area contributed by atoms with E-state index in [1.54, 1.807) is 12.1 Å². The first kappa shape index (κ1) is 12.7. The van der Waals surface area contributed by atoms with Gasteiger partial charge < -0.3 is 14.6 Å². The molecule has 0 saturated heterocycles. The van der Waals surface area contributed by atoms with Crippen molar-refractivity contribution in [3.63, 3.8) is 0 Å². The molecule has 4 heteroatoms. The van der Waals surface area contributed by atoms with Gasteiger partial charge in [-0.15, -0.1) is 0 Å². The first-order valence-corrected chi connectivity index (χ1v) is 6.44. The summed E-state index contributed by atoms with van der Waals surface area (Å²) < 4.78 is 10.8. The Morgan fingerprint density at radius 3 is 2.55 bits per heavy atom. The molecule has 2 aromatic rings. The fourth-order valence-corrected chi connectivity index (χ4v) is 2.41. The molecule has 0 aromatic heterocycles. The maximum atomic E-state index is 12.1. The molecule has 102 valence electrons. The highest BCUT2D eigenvalue weighted by molar-refractivity contribution is 5.90. The highest BCUT2D eigenvalue weighted by Gasteiger charge is 2.35. The van der Waals surface area contributed by atoms with Gasteiger partial charge in [0.2, 0.25) is 0 Å². The number of hydrogen-bond acceptors (Lipinski definition) is 4. The van der Waals surface area contributed by atoms with Crippen molar-refractivity contribution in [3.8, 4) is 11.5 Å². The molecular formula is C16H14O4. The van der Waals surface area contributed by atoms with Crippen LogP contribution in [0, 0.1) is 0 Å². The van der Waals surface area contributed by atoms with E-state index in [9.17, 15) is 4.79 Å². The minimum atomic E-state index is -0.471. The number of rotatable bonds is 4. The predicted molar refractivity (Wildman–Crippen MR) is 72.9 cm³/mol. The van der Waals surface area contributed by atoms with Crippen LogP contribution >= 0.6 is 0 Å². The Morgan fingerprint density at radius 2 is 1.75 bits per heavy atom. The van der Waals surface area contributed by atoms with Gasteiger partial charge >= 0.3 is 5.97 Å². The fourth-order valence-electron chi connectivity index (χ4n) is 2.41. The summed E-state index contributed by atoms with van der Waals surface area (Å²) in [5, 5.41) is 8.88. The molecule has 1 N–H and O–H groups in total. The minimum Gasteiger partial charge on any atom is -0.491 e. The number of esters is 1. The van der Waals surface area contributed by atoms with Crippen LogP contribution in [0.3, 0.4) is 0 Å². The van der Waals surface area contributed by atoms with Gasteiger partial charge in [-0.1, -0.05) is 36.4 Å². The van der Waals surface area contributed by atoms with Crippen molar-refractivity contribution in [2.75, 3.05) is 13.2 Å². The van der Waals surface area contributed by atoms with Crippen LogP contribution in [0.1, 0.15) is 17.0 Å². The molecule has 0 aliphatic carbocycles. The summed E-state index contributed by atoms with van der Waals surface area (Å²) in [6, 6.07) is 14.7. The van der Waals surface area contributed by atoms with E-state index >= 15 is 0 Å². The van der Waals surface area contributed by atoms with Gasteiger partial charge in [-0.25, -0.2) is 0 Å². The first-order chi connectivity index (χ1) is 9.81. The monoisotopic (exact) mass is 270 g/mol. The minimum absolute atomic E-state index is 0.0694. The number of fused-ring (bicyclic) bond motifs is 1. The van der Waals surface area contributed by atoms with Gasteiger partial charge in [0.15, 0.2) is 0 Å². The zero-order valence-corrected chi connectivity index (χ0v) is 10.8. The molecule has 0 fully saturated rings. The molecule has 1 aliphatic heterocycles. The molecular weight excluding hydrogens is 256 g/mol. The number of hydrogen-bond donors (Lipinski definition) is 1. The molecule has 0 bridgehead atoms. The number of aliphatic hydroxyl groups is 1. The molecule has 1 unspecified atom stereocenters. The van der Waals surface area contributed by atoms with Gasteiger partial charge in [0.1, 0.15) is 24.0 Å². The van der Waals surface area contributed by atoms with Crippen molar-refractivity contribution in [1.29, 1.82) is 0 Å². The lowest BCUT2D eigenvalue weighted by molar-refractivity contribution is -0.133. The Balaban J connectivity index is 2.03. The zero-order chi connectivity index (χ0) is 13.9. The van der Waals surface area contributed by atoms with Crippen molar-refractivity contribution in [2.45, 2.75) is 5.92 Å². The predicted octanol–water partition coefficient (Wildman–Crippen LogP) is 2.11. The van der Waals surface area contributed by atoms with E-state index in [1.807, 2.05) is 36.4 Å².